The molecule has 1 aliphatic heterocycles. The molecule has 0 saturated heterocycles. The Balaban J connectivity index is 1.57. The molecule has 23 heavy (non-hydrogen) atoms. The van der Waals surface area contributed by atoms with Crippen molar-refractivity contribution in [2.75, 3.05) is 17.2 Å². The van der Waals surface area contributed by atoms with Crippen LogP contribution in [0.1, 0.15) is 5.56 Å². The van der Waals surface area contributed by atoms with E-state index < -0.39 is 0 Å². The molecule has 2 aromatic carbocycles. The topological polar surface area (TPSA) is 55.6 Å². The molecule has 2 aromatic rings. The third-order valence-electron chi connectivity index (χ3n) is 3.62. The standard InChI is InChI=1S/C19H18N2O2/c20-17-6-8-18(9-7-17)21-12-10-16(11-13-21)19(22)23-14-15-4-2-1-3-5-15/h1-12H,13-14,20H2. The minimum Gasteiger partial charge on any atom is -0.457 e. The van der Waals surface area contributed by atoms with Crippen LogP contribution in [0.2, 0.25) is 0 Å². The summed E-state index contributed by atoms with van der Waals surface area (Å²) in [7, 11) is 0. The molecule has 0 amide bonds. The average Bonchev–Trinajstić information content (AvgIpc) is 2.61. The predicted octanol–water partition coefficient (Wildman–Crippen LogP) is 3.27. The van der Waals surface area contributed by atoms with Gasteiger partial charge in [0.2, 0.25) is 0 Å². The Morgan fingerprint density at radius 1 is 1.09 bits per heavy atom. The van der Waals surface area contributed by atoms with Crippen molar-refractivity contribution < 1.29 is 9.53 Å². The van der Waals surface area contributed by atoms with Crippen molar-refractivity contribution in [3.63, 3.8) is 0 Å². The van der Waals surface area contributed by atoms with Crippen molar-refractivity contribution in [2.24, 2.45) is 0 Å². The number of nitrogen functional groups attached to an aromatic ring is 1. The summed E-state index contributed by atoms with van der Waals surface area (Å²) in [6.07, 6.45) is 5.52. The summed E-state index contributed by atoms with van der Waals surface area (Å²) < 4.78 is 5.33. The van der Waals surface area contributed by atoms with Gasteiger partial charge in [0, 0.05) is 24.1 Å². The molecular formula is C19H18N2O2. The Bertz CT molecular complexity index is 734. The lowest BCUT2D eigenvalue weighted by molar-refractivity contribution is -0.139. The number of rotatable bonds is 4. The molecule has 116 valence electrons. The minimum atomic E-state index is -0.304. The first-order valence-electron chi connectivity index (χ1n) is 7.44. The van der Waals surface area contributed by atoms with E-state index in [2.05, 4.69) is 0 Å². The summed E-state index contributed by atoms with van der Waals surface area (Å²) in [6, 6.07) is 17.3. The fourth-order valence-corrected chi connectivity index (χ4v) is 2.31. The van der Waals surface area contributed by atoms with Crippen molar-refractivity contribution in [1.29, 1.82) is 0 Å². The number of nitrogens with zero attached hydrogens (tertiary/aromatic N) is 1. The van der Waals surface area contributed by atoms with Gasteiger partial charge in [-0.2, -0.15) is 0 Å². The fourth-order valence-electron chi connectivity index (χ4n) is 2.31. The van der Waals surface area contributed by atoms with Gasteiger partial charge >= 0.3 is 5.97 Å². The van der Waals surface area contributed by atoms with Gasteiger partial charge in [0.25, 0.3) is 0 Å². The largest absolute Gasteiger partial charge is 0.457 e. The molecule has 2 N–H and O–H groups in total. The van der Waals surface area contributed by atoms with Crippen molar-refractivity contribution >= 4 is 17.3 Å². The van der Waals surface area contributed by atoms with Gasteiger partial charge in [-0.15, -0.1) is 0 Å². The maximum atomic E-state index is 12.1. The number of esters is 1. The molecule has 4 nitrogen and oxygen atoms in total. The third kappa shape index (κ3) is 3.80. The van der Waals surface area contributed by atoms with E-state index in [1.165, 1.54) is 0 Å². The molecule has 0 bridgehead atoms. The van der Waals surface area contributed by atoms with E-state index in [1.54, 1.807) is 6.08 Å². The van der Waals surface area contributed by atoms with E-state index in [1.807, 2.05) is 71.8 Å². The van der Waals surface area contributed by atoms with Crippen LogP contribution in [-0.4, -0.2) is 12.5 Å². The Labute approximate surface area is 135 Å². The average molecular weight is 306 g/mol. The van der Waals surface area contributed by atoms with Crippen LogP contribution in [0.4, 0.5) is 11.4 Å². The third-order valence-corrected chi connectivity index (χ3v) is 3.62. The van der Waals surface area contributed by atoms with Crippen LogP contribution in [0.15, 0.2) is 78.5 Å². The zero-order chi connectivity index (χ0) is 16.1. The van der Waals surface area contributed by atoms with Gasteiger partial charge in [-0.1, -0.05) is 36.4 Å². The quantitative estimate of drug-likeness (QED) is 0.696. The lowest BCUT2D eigenvalue weighted by Crippen LogP contribution is -2.21. The first kappa shape index (κ1) is 14.9. The highest BCUT2D eigenvalue weighted by Gasteiger charge is 2.13. The number of anilines is 2. The summed E-state index contributed by atoms with van der Waals surface area (Å²) in [5.74, 6) is -0.304. The van der Waals surface area contributed by atoms with Gasteiger partial charge in [-0.3, -0.25) is 0 Å². The van der Waals surface area contributed by atoms with Crippen molar-refractivity contribution in [3.8, 4) is 0 Å². The highest BCUT2D eigenvalue weighted by atomic mass is 16.5. The molecule has 1 aliphatic rings. The molecule has 3 rings (SSSR count). The summed E-state index contributed by atoms with van der Waals surface area (Å²) in [4.78, 5) is 14.1. The van der Waals surface area contributed by atoms with E-state index in [4.69, 9.17) is 10.5 Å². The van der Waals surface area contributed by atoms with Crippen LogP contribution in [0.5, 0.6) is 0 Å². The van der Waals surface area contributed by atoms with Crippen molar-refractivity contribution in [1.82, 2.24) is 0 Å². The van der Waals surface area contributed by atoms with Crippen LogP contribution in [0, 0.1) is 0 Å². The fraction of sp³-hybridized carbons (Fsp3) is 0.105. The van der Waals surface area contributed by atoms with Gasteiger partial charge in [-0.05, 0) is 35.9 Å². The molecule has 0 spiro atoms. The van der Waals surface area contributed by atoms with E-state index >= 15 is 0 Å². The van der Waals surface area contributed by atoms with Crippen LogP contribution in [0.3, 0.4) is 0 Å². The molecule has 0 saturated carbocycles. The Hall–Kier alpha value is -3.01. The van der Waals surface area contributed by atoms with Crippen LogP contribution in [-0.2, 0) is 16.1 Å². The second-order valence-electron chi connectivity index (χ2n) is 5.28. The molecule has 0 radical (unpaired) electrons. The highest BCUT2D eigenvalue weighted by Crippen LogP contribution is 2.20. The predicted molar refractivity (Wildman–Crippen MR) is 91.7 cm³/mol. The molecule has 0 aromatic heterocycles. The second kappa shape index (κ2) is 6.83. The Morgan fingerprint density at radius 2 is 1.83 bits per heavy atom. The maximum Gasteiger partial charge on any atom is 0.338 e. The van der Waals surface area contributed by atoms with E-state index in [-0.39, 0.29) is 12.6 Å². The lowest BCUT2D eigenvalue weighted by atomic mass is 10.1. The monoisotopic (exact) mass is 306 g/mol. The van der Waals surface area contributed by atoms with Crippen LogP contribution >= 0.6 is 0 Å². The first-order valence-corrected chi connectivity index (χ1v) is 7.44. The normalized spacial score (nSPS) is 13.6. The number of carbonyl (C=O) groups is 1. The minimum absolute atomic E-state index is 0.284. The van der Waals surface area contributed by atoms with E-state index in [9.17, 15) is 4.79 Å². The zero-order valence-corrected chi connectivity index (χ0v) is 12.7. The summed E-state index contributed by atoms with van der Waals surface area (Å²) >= 11 is 0. The molecule has 0 unspecified atom stereocenters. The van der Waals surface area contributed by atoms with Crippen LogP contribution in [0.25, 0.3) is 0 Å². The number of nitrogens with two attached hydrogens (primary N) is 1. The van der Waals surface area contributed by atoms with Crippen molar-refractivity contribution in [2.45, 2.75) is 6.61 Å². The number of hydrogen-bond acceptors (Lipinski definition) is 4. The maximum absolute atomic E-state index is 12.1. The van der Waals surface area contributed by atoms with Gasteiger partial charge in [-0.25, -0.2) is 4.79 Å². The number of ether oxygens (including phenoxy) is 1. The molecule has 4 heteroatoms. The van der Waals surface area contributed by atoms with Gasteiger partial charge in [0.05, 0.1) is 5.57 Å². The number of hydrogen-bond donors (Lipinski definition) is 1. The zero-order valence-electron chi connectivity index (χ0n) is 12.7. The summed E-state index contributed by atoms with van der Waals surface area (Å²) in [5, 5.41) is 0. The molecular weight excluding hydrogens is 288 g/mol. The molecule has 0 aliphatic carbocycles. The molecule has 1 heterocycles. The number of carbonyl (C=O) groups excluding carboxylic acids is 1. The Kier molecular flexibility index (Phi) is 4.43. The lowest BCUT2D eigenvalue weighted by Gasteiger charge is -2.22. The van der Waals surface area contributed by atoms with E-state index in [0.717, 1.165) is 16.9 Å². The molecule has 0 atom stereocenters. The van der Waals surface area contributed by atoms with Crippen molar-refractivity contribution in [3.05, 3.63) is 84.1 Å². The first-order chi connectivity index (χ1) is 11.2. The summed E-state index contributed by atoms with van der Waals surface area (Å²) in [5.41, 5.74) is 9.01. The van der Waals surface area contributed by atoms with Gasteiger partial charge in [0.1, 0.15) is 6.61 Å². The highest BCUT2D eigenvalue weighted by molar-refractivity contribution is 5.92. The van der Waals surface area contributed by atoms with Gasteiger partial charge < -0.3 is 15.4 Å². The Morgan fingerprint density at radius 3 is 2.48 bits per heavy atom. The SMILES string of the molecule is Nc1ccc(N2C=CC(C(=O)OCc3ccccc3)=CC2)cc1. The van der Waals surface area contributed by atoms with E-state index in [0.29, 0.717) is 12.1 Å². The summed E-state index contributed by atoms with van der Waals surface area (Å²) in [6.45, 7) is 0.905. The number of benzene rings is 2. The molecule has 0 fully saturated rings. The van der Waals surface area contributed by atoms with Crippen LogP contribution < -0.4 is 10.6 Å². The smallest absolute Gasteiger partial charge is 0.338 e. The second-order valence-corrected chi connectivity index (χ2v) is 5.28. The van der Waals surface area contributed by atoms with Gasteiger partial charge in [0.15, 0.2) is 0 Å².